The average Bonchev–Trinajstić information content (AvgIpc) is 3.07. The summed E-state index contributed by atoms with van der Waals surface area (Å²) in [5.74, 6) is 0.111. The van der Waals surface area contributed by atoms with E-state index in [0.717, 1.165) is 12.8 Å². The number of ether oxygens (including phenoxy) is 2. The lowest BCUT2D eigenvalue weighted by atomic mass is 10.0. The van der Waals surface area contributed by atoms with Crippen LogP contribution in [-0.4, -0.2) is 66.3 Å². The minimum atomic E-state index is -3.22. The van der Waals surface area contributed by atoms with Crippen LogP contribution in [0.2, 0.25) is 0 Å². The van der Waals surface area contributed by atoms with Gasteiger partial charge in [0.15, 0.2) is 0 Å². The molecule has 0 aliphatic carbocycles. The number of sulfonamides is 1. The lowest BCUT2D eigenvalue weighted by Crippen LogP contribution is -2.47. The fraction of sp³-hybridized carbons (Fsp3) is 0.786. The summed E-state index contributed by atoms with van der Waals surface area (Å²) in [6, 6.07) is 1.88. The Hall–Kier alpha value is -0.960. The number of hydrogen-bond donors (Lipinski definition) is 0. The highest BCUT2D eigenvalue weighted by molar-refractivity contribution is 7.89. The van der Waals surface area contributed by atoms with Gasteiger partial charge >= 0.3 is 0 Å². The first-order valence-electron chi connectivity index (χ1n) is 7.74. The van der Waals surface area contributed by atoms with Crippen LogP contribution in [0.15, 0.2) is 18.5 Å². The molecule has 2 atom stereocenters. The van der Waals surface area contributed by atoms with Gasteiger partial charge in [-0.15, -0.1) is 0 Å². The predicted molar refractivity (Wildman–Crippen MR) is 80.9 cm³/mol. The van der Waals surface area contributed by atoms with Crippen LogP contribution < -0.4 is 0 Å². The molecule has 2 aliphatic rings. The normalized spacial score (nSPS) is 30.7. The first kappa shape index (κ1) is 15.9. The van der Waals surface area contributed by atoms with Gasteiger partial charge in [0.2, 0.25) is 10.0 Å². The van der Waals surface area contributed by atoms with Gasteiger partial charge in [0.1, 0.15) is 5.60 Å². The second-order valence-corrected chi connectivity index (χ2v) is 8.23. The highest BCUT2D eigenvalue weighted by Gasteiger charge is 2.45. The van der Waals surface area contributed by atoms with Gasteiger partial charge in [-0.2, -0.15) is 9.40 Å². The van der Waals surface area contributed by atoms with E-state index < -0.39 is 15.6 Å². The van der Waals surface area contributed by atoms with Crippen molar-refractivity contribution in [1.29, 1.82) is 0 Å². The summed E-state index contributed by atoms with van der Waals surface area (Å²) < 4.78 is 39.6. The van der Waals surface area contributed by atoms with Crippen molar-refractivity contribution in [2.45, 2.75) is 38.0 Å². The number of aromatic nitrogens is 2. The minimum absolute atomic E-state index is 0.0489. The third-order valence-corrected chi connectivity index (χ3v) is 6.19. The predicted octanol–water partition coefficient (Wildman–Crippen LogP) is 0.483. The molecular formula is C14H23N3O4S. The zero-order valence-electron chi connectivity index (χ0n) is 12.8. The van der Waals surface area contributed by atoms with E-state index in [1.54, 1.807) is 13.1 Å². The SMILES string of the molecule is CCS(=O)(=O)N1CCOC[C@@]2(CC[C@@H](Cn3cccn3)O2)C1. The van der Waals surface area contributed by atoms with Crippen molar-refractivity contribution in [2.75, 3.05) is 32.1 Å². The molecule has 22 heavy (non-hydrogen) atoms. The Morgan fingerprint density at radius 3 is 3.05 bits per heavy atom. The molecule has 3 rings (SSSR count). The molecule has 2 fully saturated rings. The lowest BCUT2D eigenvalue weighted by Gasteiger charge is -2.31. The Morgan fingerprint density at radius 1 is 1.45 bits per heavy atom. The fourth-order valence-electron chi connectivity index (χ4n) is 3.15. The zero-order valence-corrected chi connectivity index (χ0v) is 13.7. The molecule has 124 valence electrons. The first-order chi connectivity index (χ1) is 10.5. The summed E-state index contributed by atoms with van der Waals surface area (Å²) in [5, 5.41) is 4.20. The zero-order chi connectivity index (χ0) is 15.6. The second kappa shape index (κ2) is 6.27. The van der Waals surface area contributed by atoms with Crippen molar-refractivity contribution in [3.63, 3.8) is 0 Å². The molecule has 0 amide bonds. The third-order valence-electron chi connectivity index (χ3n) is 4.36. The molecular weight excluding hydrogens is 306 g/mol. The maximum atomic E-state index is 12.2. The molecule has 0 aromatic carbocycles. The molecule has 8 heteroatoms. The third kappa shape index (κ3) is 3.34. The Bertz CT molecular complexity index is 589. The molecule has 0 N–H and O–H groups in total. The monoisotopic (exact) mass is 329 g/mol. The second-order valence-electron chi connectivity index (χ2n) is 5.98. The van der Waals surface area contributed by atoms with Gasteiger partial charge in [-0.25, -0.2) is 8.42 Å². The maximum Gasteiger partial charge on any atom is 0.214 e. The van der Waals surface area contributed by atoms with Crippen molar-refractivity contribution in [2.24, 2.45) is 0 Å². The molecule has 1 spiro atoms. The molecule has 2 aliphatic heterocycles. The van der Waals surface area contributed by atoms with Gasteiger partial charge in [-0.05, 0) is 25.8 Å². The van der Waals surface area contributed by atoms with E-state index in [4.69, 9.17) is 9.47 Å². The van der Waals surface area contributed by atoms with E-state index in [1.807, 2.05) is 16.9 Å². The summed E-state index contributed by atoms with van der Waals surface area (Å²) >= 11 is 0. The van der Waals surface area contributed by atoms with Crippen LogP contribution in [0.3, 0.4) is 0 Å². The number of rotatable bonds is 4. The fourth-order valence-corrected chi connectivity index (χ4v) is 4.30. The number of hydrogen-bond acceptors (Lipinski definition) is 5. The van der Waals surface area contributed by atoms with Crippen LogP contribution >= 0.6 is 0 Å². The van der Waals surface area contributed by atoms with Gasteiger partial charge in [-0.1, -0.05) is 0 Å². The lowest BCUT2D eigenvalue weighted by molar-refractivity contribution is -0.0860. The van der Waals surface area contributed by atoms with Crippen molar-refractivity contribution in [3.8, 4) is 0 Å². The van der Waals surface area contributed by atoms with Crippen molar-refractivity contribution >= 4 is 10.0 Å². The molecule has 1 aromatic rings. The molecule has 0 unspecified atom stereocenters. The topological polar surface area (TPSA) is 73.7 Å². The van der Waals surface area contributed by atoms with Crippen LogP contribution in [0, 0.1) is 0 Å². The van der Waals surface area contributed by atoms with E-state index in [2.05, 4.69) is 5.10 Å². The van der Waals surface area contributed by atoms with E-state index in [-0.39, 0.29) is 11.9 Å². The van der Waals surface area contributed by atoms with Crippen LogP contribution in [0.1, 0.15) is 19.8 Å². The molecule has 1 aromatic heterocycles. The Kier molecular flexibility index (Phi) is 4.54. The van der Waals surface area contributed by atoms with Gasteiger partial charge in [0.25, 0.3) is 0 Å². The average molecular weight is 329 g/mol. The quantitative estimate of drug-likeness (QED) is 0.803. The summed E-state index contributed by atoms with van der Waals surface area (Å²) in [6.07, 6.45) is 5.41. The Labute approximate surface area is 131 Å². The summed E-state index contributed by atoms with van der Waals surface area (Å²) in [4.78, 5) is 0. The van der Waals surface area contributed by atoms with Gasteiger partial charge in [0, 0.05) is 25.5 Å². The minimum Gasteiger partial charge on any atom is -0.377 e. The summed E-state index contributed by atoms with van der Waals surface area (Å²) in [6.45, 7) is 4.04. The maximum absolute atomic E-state index is 12.2. The summed E-state index contributed by atoms with van der Waals surface area (Å²) in [5.41, 5.74) is -0.517. The Morgan fingerprint density at radius 2 is 2.32 bits per heavy atom. The van der Waals surface area contributed by atoms with Crippen molar-refractivity contribution in [3.05, 3.63) is 18.5 Å². The van der Waals surface area contributed by atoms with E-state index in [9.17, 15) is 8.42 Å². The largest absolute Gasteiger partial charge is 0.377 e. The van der Waals surface area contributed by atoms with Crippen LogP contribution in [0.25, 0.3) is 0 Å². The molecule has 0 saturated carbocycles. The highest BCUT2D eigenvalue weighted by atomic mass is 32.2. The van der Waals surface area contributed by atoms with Crippen LogP contribution in [-0.2, 0) is 26.0 Å². The van der Waals surface area contributed by atoms with Crippen LogP contribution in [0.4, 0.5) is 0 Å². The van der Waals surface area contributed by atoms with E-state index >= 15 is 0 Å². The smallest absolute Gasteiger partial charge is 0.214 e. The van der Waals surface area contributed by atoms with E-state index in [0.29, 0.717) is 32.8 Å². The van der Waals surface area contributed by atoms with Crippen molar-refractivity contribution in [1.82, 2.24) is 14.1 Å². The van der Waals surface area contributed by atoms with Gasteiger partial charge in [0.05, 0.1) is 31.6 Å². The molecule has 2 saturated heterocycles. The molecule has 7 nitrogen and oxygen atoms in total. The Balaban J connectivity index is 1.69. The van der Waals surface area contributed by atoms with Crippen molar-refractivity contribution < 1.29 is 17.9 Å². The van der Waals surface area contributed by atoms with Crippen LogP contribution in [0.5, 0.6) is 0 Å². The summed E-state index contributed by atoms with van der Waals surface area (Å²) in [7, 11) is -3.22. The number of nitrogens with zero attached hydrogens (tertiary/aromatic N) is 3. The first-order valence-corrected chi connectivity index (χ1v) is 9.35. The highest BCUT2D eigenvalue weighted by Crippen LogP contribution is 2.34. The molecule has 3 heterocycles. The molecule has 0 radical (unpaired) electrons. The van der Waals surface area contributed by atoms with Gasteiger partial charge < -0.3 is 9.47 Å². The van der Waals surface area contributed by atoms with E-state index in [1.165, 1.54) is 4.31 Å². The van der Waals surface area contributed by atoms with Gasteiger partial charge in [-0.3, -0.25) is 4.68 Å². The standard InChI is InChI=1S/C14H23N3O4S/c1-2-22(18,19)17-8-9-20-12-14(11-17)5-4-13(21-14)10-16-7-3-6-15-16/h3,6-7,13H,2,4-5,8-12H2,1H3/t13-,14+/m0/s1. The molecule has 0 bridgehead atoms.